The van der Waals surface area contributed by atoms with Crippen LogP contribution in [-0.4, -0.2) is 0 Å². The number of halogens is 1. The molecule has 0 N–H and O–H groups in total. The van der Waals surface area contributed by atoms with E-state index in [1.165, 1.54) is 21.7 Å². The second kappa shape index (κ2) is 5.94. The van der Waals surface area contributed by atoms with Crippen molar-refractivity contribution in [1.29, 1.82) is 0 Å². The van der Waals surface area contributed by atoms with Crippen molar-refractivity contribution in [3.05, 3.63) is 42.5 Å². The molecule has 2 aromatic rings. The third-order valence-electron chi connectivity index (χ3n) is 1.81. The zero-order chi connectivity index (χ0) is 10.4. The SMILES string of the molecule is CC.ClSc1ccc2ccccc2c1. The second-order valence-electron chi connectivity index (χ2n) is 2.59. The first-order chi connectivity index (χ1) is 6.90. The van der Waals surface area contributed by atoms with Gasteiger partial charge in [0.15, 0.2) is 0 Å². The number of hydrogen-bond acceptors (Lipinski definition) is 1. The molecule has 2 heteroatoms. The van der Waals surface area contributed by atoms with Gasteiger partial charge in [-0.3, -0.25) is 0 Å². The lowest BCUT2D eigenvalue weighted by atomic mass is 10.1. The van der Waals surface area contributed by atoms with Crippen LogP contribution in [0.15, 0.2) is 47.4 Å². The molecule has 0 nitrogen and oxygen atoms in total. The van der Waals surface area contributed by atoms with Crippen molar-refractivity contribution < 1.29 is 0 Å². The van der Waals surface area contributed by atoms with Crippen molar-refractivity contribution in [2.75, 3.05) is 0 Å². The van der Waals surface area contributed by atoms with Gasteiger partial charge < -0.3 is 0 Å². The minimum Gasteiger partial charge on any atom is -0.0683 e. The number of benzene rings is 2. The molecule has 0 bridgehead atoms. The fraction of sp³-hybridized carbons (Fsp3) is 0.167. The van der Waals surface area contributed by atoms with Crippen molar-refractivity contribution in [2.45, 2.75) is 18.7 Å². The minimum atomic E-state index is 1.09. The van der Waals surface area contributed by atoms with E-state index in [1.54, 1.807) is 0 Å². The van der Waals surface area contributed by atoms with E-state index in [9.17, 15) is 0 Å². The lowest BCUT2D eigenvalue weighted by Gasteiger charge is -1.98. The van der Waals surface area contributed by atoms with Crippen LogP contribution in [0.4, 0.5) is 0 Å². The van der Waals surface area contributed by atoms with Gasteiger partial charge in [0.25, 0.3) is 0 Å². The Hall–Kier alpha value is -0.660. The van der Waals surface area contributed by atoms with Gasteiger partial charge in [-0.1, -0.05) is 44.2 Å². The quantitative estimate of drug-likeness (QED) is 0.649. The Morgan fingerprint density at radius 2 is 1.57 bits per heavy atom. The van der Waals surface area contributed by atoms with Crippen LogP contribution in [0.2, 0.25) is 0 Å². The predicted octanol–water partition coefficient (Wildman–Crippen LogP) is 5.11. The fourth-order valence-corrected chi connectivity index (χ4v) is 1.79. The number of fused-ring (bicyclic) bond motifs is 1. The summed E-state index contributed by atoms with van der Waals surface area (Å²) in [6.07, 6.45) is 0. The summed E-state index contributed by atoms with van der Waals surface area (Å²) in [6, 6.07) is 14.5. The zero-order valence-corrected chi connectivity index (χ0v) is 9.90. The molecule has 74 valence electrons. The molecule has 0 atom stereocenters. The summed E-state index contributed by atoms with van der Waals surface area (Å²) in [6.45, 7) is 4.00. The summed E-state index contributed by atoms with van der Waals surface area (Å²) in [5.74, 6) is 0. The molecule has 0 aromatic heterocycles. The first-order valence-electron chi connectivity index (χ1n) is 4.67. The summed E-state index contributed by atoms with van der Waals surface area (Å²) in [5, 5.41) is 2.50. The summed E-state index contributed by atoms with van der Waals surface area (Å²) >= 11 is 0. The van der Waals surface area contributed by atoms with Gasteiger partial charge in [0.1, 0.15) is 0 Å². The molecule has 14 heavy (non-hydrogen) atoms. The molecule has 0 unspecified atom stereocenters. The summed E-state index contributed by atoms with van der Waals surface area (Å²) in [5.41, 5.74) is 0. The average molecular weight is 225 g/mol. The van der Waals surface area contributed by atoms with Gasteiger partial charge in [-0.05, 0) is 44.6 Å². The molecule has 0 aliphatic heterocycles. The molecule has 2 rings (SSSR count). The van der Waals surface area contributed by atoms with E-state index in [1.807, 2.05) is 32.0 Å². The standard InChI is InChI=1S/C10H7ClS.C2H6/c11-12-10-6-5-8-3-1-2-4-9(8)7-10;1-2/h1-7H;1-2H3. The second-order valence-corrected chi connectivity index (χ2v) is 3.67. The highest BCUT2D eigenvalue weighted by atomic mass is 35.7. The van der Waals surface area contributed by atoms with E-state index >= 15 is 0 Å². The fourth-order valence-electron chi connectivity index (χ4n) is 1.22. The number of hydrogen-bond donors (Lipinski definition) is 0. The van der Waals surface area contributed by atoms with Gasteiger partial charge in [0.05, 0.1) is 0 Å². The van der Waals surface area contributed by atoms with Crippen molar-refractivity contribution in [1.82, 2.24) is 0 Å². The van der Waals surface area contributed by atoms with E-state index in [2.05, 4.69) is 24.3 Å². The van der Waals surface area contributed by atoms with E-state index in [0.29, 0.717) is 0 Å². The maximum Gasteiger partial charge on any atom is 0.0239 e. The summed E-state index contributed by atoms with van der Waals surface area (Å²) < 4.78 is 0. The average Bonchev–Trinajstić information content (AvgIpc) is 2.31. The predicted molar refractivity (Wildman–Crippen MR) is 67.0 cm³/mol. The molecule has 0 fully saturated rings. The molecule has 0 aliphatic carbocycles. The van der Waals surface area contributed by atoms with Crippen molar-refractivity contribution in [2.24, 2.45) is 0 Å². The van der Waals surface area contributed by atoms with Gasteiger partial charge >= 0.3 is 0 Å². The maximum absolute atomic E-state index is 5.64. The van der Waals surface area contributed by atoms with Gasteiger partial charge in [-0.15, -0.1) is 0 Å². The van der Waals surface area contributed by atoms with Crippen LogP contribution in [0.5, 0.6) is 0 Å². The molecule has 0 aliphatic rings. The topological polar surface area (TPSA) is 0 Å². The Kier molecular flexibility index (Phi) is 4.85. The van der Waals surface area contributed by atoms with Crippen LogP contribution in [-0.2, 0) is 0 Å². The van der Waals surface area contributed by atoms with Gasteiger partial charge in [-0.2, -0.15) is 0 Å². The van der Waals surface area contributed by atoms with Gasteiger partial charge in [0, 0.05) is 4.90 Å². The molecule has 0 amide bonds. The van der Waals surface area contributed by atoms with Crippen LogP contribution >= 0.6 is 21.7 Å². The van der Waals surface area contributed by atoms with Crippen molar-refractivity contribution in [3.8, 4) is 0 Å². The minimum absolute atomic E-state index is 1.09. The normalized spacial score (nSPS) is 9.36. The van der Waals surface area contributed by atoms with E-state index in [-0.39, 0.29) is 0 Å². The van der Waals surface area contributed by atoms with Crippen LogP contribution in [0.3, 0.4) is 0 Å². The lowest BCUT2D eigenvalue weighted by molar-refractivity contribution is 1.50. The highest BCUT2D eigenvalue weighted by Crippen LogP contribution is 2.25. The van der Waals surface area contributed by atoms with Gasteiger partial charge in [0.2, 0.25) is 0 Å². The number of rotatable bonds is 1. The highest BCUT2D eigenvalue weighted by molar-refractivity contribution is 8.21. The molecular weight excluding hydrogens is 212 g/mol. The molecule has 2 aromatic carbocycles. The Balaban J connectivity index is 0.000000461. The first kappa shape index (κ1) is 11.4. The zero-order valence-electron chi connectivity index (χ0n) is 8.33. The smallest absolute Gasteiger partial charge is 0.0239 e. The van der Waals surface area contributed by atoms with Gasteiger partial charge in [-0.25, -0.2) is 0 Å². The van der Waals surface area contributed by atoms with Crippen LogP contribution < -0.4 is 0 Å². The van der Waals surface area contributed by atoms with Crippen molar-refractivity contribution in [3.63, 3.8) is 0 Å². The Labute approximate surface area is 93.8 Å². The Morgan fingerprint density at radius 3 is 2.21 bits per heavy atom. The Bertz CT molecular complexity index is 398. The monoisotopic (exact) mass is 224 g/mol. The third kappa shape index (κ3) is 2.66. The molecule has 0 saturated carbocycles. The summed E-state index contributed by atoms with van der Waals surface area (Å²) in [4.78, 5) is 1.09. The molecule has 0 heterocycles. The van der Waals surface area contributed by atoms with Crippen LogP contribution in [0, 0.1) is 0 Å². The van der Waals surface area contributed by atoms with E-state index in [4.69, 9.17) is 10.7 Å². The molecule has 0 spiro atoms. The van der Waals surface area contributed by atoms with E-state index < -0.39 is 0 Å². The van der Waals surface area contributed by atoms with Crippen LogP contribution in [0.1, 0.15) is 13.8 Å². The van der Waals surface area contributed by atoms with E-state index in [0.717, 1.165) is 4.90 Å². The Morgan fingerprint density at radius 1 is 0.929 bits per heavy atom. The van der Waals surface area contributed by atoms with Crippen molar-refractivity contribution >= 4 is 32.4 Å². The van der Waals surface area contributed by atoms with Crippen LogP contribution in [0.25, 0.3) is 10.8 Å². The highest BCUT2D eigenvalue weighted by Gasteiger charge is 1.93. The maximum atomic E-state index is 5.64. The summed E-state index contributed by atoms with van der Waals surface area (Å²) in [7, 11) is 6.90. The molecular formula is C12H13ClS. The molecule has 0 saturated heterocycles. The first-order valence-corrected chi connectivity index (χ1v) is 6.32. The third-order valence-corrected chi connectivity index (χ3v) is 2.78. The lowest BCUT2D eigenvalue weighted by Crippen LogP contribution is -1.71. The largest absolute Gasteiger partial charge is 0.0683 e. The molecule has 0 radical (unpaired) electrons.